The van der Waals surface area contributed by atoms with Crippen LogP contribution in [0, 0.1) is 0 Å². The van der Waals surface area contributed by atoms with Crippen LogP contribution < -0.4 is 5.73 Å². The fourth-order valence-corrected chi connectivity index (χ4v) is 4.56. The number of thioether (sulfide) groups is 1. The summed E-state index contributed by atoms with van der Waals surface area (Å²) in [6, 6.07) is 10.8. The maximum Gasteiger partial charge on any atom is 0.316 e. The molecule has 148 valence electrons. The van der Waals surface area contributed by atoms with Crippen molar-refractivity contribution in [3.63, 3.8) is 0 Å². The fraction of sp³-hybridized carbons (Fsp3) is 0.350. The molecule has 2 amide bonds. The van der Waals surface area contributed by atoms with Gasteiger partial charge in [0.25, 0.3) is 5.91 Å². The molecule has 1 aliphatic heterocycles. The van der Waals surface area contributed by atoms with E-state index in [0.717, 1.165) is 28.5 Å². The number of ether oxygens (including phenoxy) is 1. The first kappa shape index (κ1) is 20.5. The van der Waals surface area contributed by atoms with E-state index in [1.165, 1.54) is 16.7 Å². The van der Waals surface area contributed by atoms with Crippen LogP contribution in [0.15, 0.2) is 41.3 Å². The molecule has 0 unspecified atom stereocenters. The number of primary amides is 1. The van der Waals surface area contributed by atoms with Crippen molar-refractivity contribution in [3.8, 4) is 0 Å². The molecular formula is C20H21ClN2O4S. The quantitative estimate of drug-likeness (QED) is 0.573. The SMILES string of the molecule is NC(=O)[C@@H]1CCCCN1C(=O)COC(=O)CSc1cccc2cccc(Cl)c12. The molecule has 0 aromatic heterocycles. The predicted molar refractivity (Wildman–Crippen MR) is 109 cm³/mol. The van der Waals surface area contributed by atoms with Gasteiger partial charge in [0.15, 0.2) is 6.61 Å². The molecule has 8 heteroatoms. The number of carbonyl (C=O) groups excluding carboxylic acids is 3. The molecule has 0 aliphatic carbocycles. The Hall–Kier alpha value is -2.25. The Kier molecular flexibility index (Phi) is 6.80. The summed E-state index contributed by atoms with van der Waals surface area (Å²) >= 11 is 7.59. The maximum absolute atomic E-state index is 12.3. The number of hydrogen-bond donors (Lipinski definition) is 1. The number of hydrogen-bond acceptors (Lipinski definition) is 5. The molecule has 0 spiro atoms. The molecular weight excluding hydrogens is 400 g/mol. The normalized spacial score (nSPS) is 16.8. The van der Waals surface area contributed by atoms with Gasteiger partial charge in [-0.2, -0.15) is 0 Å². The molecule has 3 rings (SSSR count). The van der Waals surface area contributed by atoms with Gasteiger partial charge in [-0.3, -0.25) is 14.4 Å². The van der Waals surface area contributed by atoms with E-state index in [2.05, 4.69) is 0 Å². The minimum atomic E-state index is -0.618. The summed E-state index contributed by atoms with van der Waals surface area (Å²) in [6.45, 7) is 0.0622. The summed E-state index contributed by atoms with van der Waals surface area (Å²) in [7, 11) is 0. The van der Waals surface area contributed by atoms with E-state index in [9.17, 15) is 14.4 Å². The zero-order chi connectivity index (χ0) is 20.1. The monoisotopic (exact) mass is 420 g/mol. The van der Waals surface area contributed by atoms with E-state index in [-0.39, 0.29) is 12.4 Å². The number of carbonyl (C=O) groups is 3. The highest BCUT2D eigenvalue weighted by Gasteiger charge is 2.30. The van der Waals surface area contributed by atoms with Crippen LogP contribution >= 0.6 is 23.4 Å². The van der Waals surface area contributed by atoms with Crippen molar-refractivity contribution in [2.24, 2.45) is 5.73 Å². The molecule has 0 radical (unpaired) electrons. The van der Waals surface area contributed by atoms with Crippen LogP contribution in [-0.2, 0) is 19.1 Å². The lowest BCUT2D eigenvalue weighted by molar-refractivity contribution is -0.153. The van der Waals surface area contributed by atoms with Crippen molar-refractivity contribution in [1.29, 1.82) is 0 Å². The first-order valence-corrected chi connectivity index (χ1v) is 10.4. The largest absolute Gasteiger partial charge is 0.455 e. The Balaban J connectivity index is 1.55. The van der Waals surface area contributed by atoms with Gasteiger partial charge in [-0.05, 0) is 36.8 Å². The third-order valence-electron chi connectivity index (χ3n) is 4.67. The number of rotatable bonds is 6. The van der Waals surface area contributed by atoms with Gasteiger partial charge in [-0.1, -0.05) is 35.9 Å². The Morgan fingerprint density at radius 1 is 1.18 bits per heavy atom. The van der Waals surface area contributed by atoms with E-state index >= 15 is 0 Å². The highest BCUT2D eigenvalue weighted by atomic mass is 35.5. The lowest BCUT2D eigenvalue weighted by Crippen LogP contribution is -2.51. The van der Waals surface area contributed by atoms with E-state index in [1.807, 2.05) is 30.3 Å². The molecule has 2 N–H and O–H groups in total. The van der Waals surface area contributed by atoms with E-state index in [4.69, 9.17) is 22.1 Å². The lowest BCUT2D eigenvalue weighted by atomic mass is 10.0. The van der Waals surface area contributed by atoms with Gasteiger partial charge in [0.1, 0.15) is 6.04 Å². The van der Waals surface area contributed by atoms with Crippen LogP contribution in [0.2, 0.25) is 5.02 Å². The summed E-state index contributed by atoms with van der Waals surface area (Å²) in [4.78, 5) is 38.2. The number of nitrogens with zero attached hydrogens (tertiary/aromatic N) is 1. The average molecular weight is 421 g/mol. The van der Waals surface area contributed by atoms with Gasteiger partial charge in [-0.25, -0.2) is 0 Å². The summed E-state index contributed by atoms with van der Waals surface area (Å²) in [6.07, 6.45) is 2.20. The summed E-state index contributed by atoms with van der Waals surface area (Å²) in [5.41, 5.74) is 5.37. The lowest BCUT2D eigenvalue weighted by Gasteiger charge is -2.33. The number of nitrogens with two attached hydrogens (primary N) is 1. The molecule has 28 heavy (non-hydrogen) atoms. The third-order valence-corrected chi connectivity index (χ3v) is 6.02. The van der Waals surface area contributed by atoms with E-state index < -0.39 is 23.8 Å². The van der Waals surface area contributed by atoms with Crippen molar-refractivity contribution >= 4 is 51.9 Å². The molecule has 6 nitrogen and oxygen atoms in total. The first-order chi connectivity index (χ1) is 13.5. The molecule has 1 fully saturated rings. The smallest absolute Gasteiger partial charge is 0.316 e. The second-order valence-corrected chi connectivity index (χ2v) is 7.97. The fourth-order valence-electron chi connectivity index (χ4n) is 3.31. The molecule has 0 bridgehead atoms. The number of fused-ring (bicyclic) bond motifs is 1. The third kappa shape index (κ3) is 4.77. The van der Waals surface area contributed by atoms with Gasteiger partial charge < -0.3 is 15.4 Å². The van der Waals surface area contributed by atoms with Crippen LogP contribution in [0.1, 0.15) is 19.3 Å². The minimum absolute atomic E-state index is 0.0524. The Labute approximate surface area is 172 Å². The highest BCUT2D eigenvalue weighted by Crippen LogP contribution is 2.33. The van der Waals surface area contributed by atoms with Crippen LogP contribution in [0.3, 0.4) is 0 Å². The number of halogens is 1. The predicted octanol–water partition coefficient (Wildman–Crippen LogP) is 2.99. The molecule has 2 aromatic rings. The number of amides is 2. The Morgan fingerprint density at radius 3 is 2.68 bits per heavy atom. The number of piperidine rings is 1. The van der Waals surface area contributed by atoms with Crippen LogP contribution in [0.5, 0.6) is 0 Å². The van der Waals surface area contributed by atoms with Crippen molar-refractivity contribution in [2.75, 3.05) is 18.9 Å². The summed E-state index contributed by atoms with van der Waals surface area (Å²) < 4.78 is 5.11. The Bertz CT molecular complexity index is 900. The molecule has 0 saturated carbocycles. The van der Waals surface area contributed by atoms with Gasteiger partial charge in [0.05, 0.1) is 5.75 Å². The second kappa shape index (κ2) is 9.30. The summed E-state index contributed by atoms with van der Waals surface area (Å²) in [5.74, 6) is -1.37. The van der Waals surface area contributed by atoms with Crippen molar-refractivity contribution in [3.05, 3.63) is 41.4 Å². The van der Waals surface area contributed by atoms with Gasteiger partial charge >= 0.3 is 5.97 Å². The van der Waals surface area contributed by atoms with E-state index in [1.54, 1.807) is 6.07 Å². The second-order valence-electron chi connectivity index (χ2n) is 6.54. The molecule has 1 aliphatic rings. The topological polar surface area (TPSA) is 89.7 Å². The summed E-state index contributed by atoms with van der Waals surface area (Å²) in [5, 5.41) is 2.49. The van der Waals surface area contributed by atoms with Gasteiger partial charge in [0, 0.05) is 21.8 Å². The number of benzene rings is 2. The minimum Gasteiger partial charge on any atom is -0.455 e. The van der Waals surface area contributed by atoms with Crippen molar-refractivity contribution in [1.82, 2.24) is 4.90 Å². The van der Waals surface area contributed by atoms with Crippen LogP contribution in [0.4, 0.5) is 0 Å². The molecule has 1 atom stereocenters. The zero-order valence-corrected chi connectivity index (χ0v) is 16.8. The molecule has 1 saturated heterocycles. The highest BCUT2D eigenvalue weighted by molar-refractivity contribution is 8.00. The van der Waals surface area contributed by atoms with Crippen LogP contribution in [0.25, 0.3) is 10.8 Å². The zero-order valence-electron chi connectivity index (χ0n) is 15.2. The van der Waals surface area contributed by atoms with E-state index in [0.29, 0.717) is 18.0 Å². The number of likely N-dealkylation sites (tertiary alicyclic amines) is 1. The average Bonchev–Trinajstić information content (AvgIpc) is 2.70. The van der Waals surface area contributed by atoms with Crippen molar-refractivity contribution < 1.29 is 19.1 Å². The van der Waals surface area contributed by atoms with Gasteiger partial charge in [-0.15, -0.1) is 11.8 Å². The standard InChI is InChI=1S/C20H21ClN2O4S/c21-14-7-3-5-13-6-4-9-16(19(13)14)28-12-18(25)27-11-17(24)23-10-2-1-8-15(23)20(22)26/h3-7,9,15H,1-2,8,10-12H2,(H2,22,26)/t15-/m0/s1. The number of esters is 1. The molecule has 1 heterocycles. The first-order valence-electron chi connectivity index (χ1n) is 9.02. The van der Waals surface area contributed by atoms with Crippen LogP contribution in [-0.4, -0.2) is 47.6 Å². The van der Waals surface area contributed by atoms with Gasteiger partial charge in [0.2, 0.25) is 5.91 Å². The van der Waals surface area contributed by atoms with Crippen molar-refractivity contribution in [2.45, 2.75) is 30.2 Å². The Morgan fingerprint density at radius 2 is 1.93 bits per heavy atom. The molecule has 2 aromatic carbocycles. The maximum atomic E-state index is 12.3.